The Kier molecular flexibility index (Phi) is 8.89. The summed E-state index contributed by atoms with van der Waals surface area (Å²) in [5, 5.41) is 11.2. The van der Waals surface area contributed by atoms with Gasteiger partial charge in [-0.3, -0.25) is 14.4 Å². The Morgan fingerprint density at radius 2 is 1.55 bits per heavy atom. The number of esters is 2. The minimum Gasteiger partial charge on any atom is -0.493 e. The van der Waals surface area contributed by atoms with Gasteiger partial charge in [-0.15, -0.1) is 0 Å². The van der Waals surface area contributed by atoms with Gasteiger partial charge in [0.1, 0.15) is 5.92 Å². The number of carbonyl (C=O) groups is 3. The molecule has 1 aromatic carbocycles. The first-order chi connectivity index (χ1) is 15.4. The summed E-state index contributed by atoms with van der Waals surface area (Å²) >= 11 is 0. The maximum Gasteiger partial charge on any atom is 0.317 e. The molecule has 0 heterocycles. The lowest BCUT2D eigenvalue weighted by Crippen LogP contribution is -2.55. The Balaban J connectivity index is 2.61. The van der Waals surface area contributed by atoms with Gasteiger partial charge in [-0.25, -0.2) is 0 Å². The maximum absolute atomic E-state index is 13.2. The van der Waals surface area contributed by atoms with Gasteiger partial charge in [-0.2, -0.15) is 0 Å². The molecular weight excluding hydrogens is 428 g/mol. The first kappa shape index (κ1) is 26.6. The molecule has 0 unspecified atom stereocenters. The van der Waals surface area contributed by atoms with Crippen molar-refractivity contribution >= 4 is 17.7 Å². The van der Waals surface area contributed by atoms with Crippen LogP contribution in [-0.2, 0) is 23.9 Å². The summed E-state index contributed by atoms with van der Waals surface area (Å²) < 4.78 is 21.6. The minimum absolute atomic E-state index is 0.0714. The molecule has 8 heteroatoms. The van der Waals surface area contributed by atoms with E-state index in [2.05, 4.69) is 0 Å². The molecule has 0 spiro atoms. The molecule has 184 valence electrons. The van der Waals surface area contributed by atoms with Gasteiger partial charge >= 0.3 is 11.9 Å². The van der Waals surface area contributed by atoms with Crippen LogP contribution in [0.3, 0.4) is 0 Å². The summed E-state index contributed by atoms with van der Waals surface area (Å²) in [6.07, 6.45) is -0.361. The van der Waals surface area contributed by atoms with Crippen molar-refractivity contribution in [1.82, 2.24) is 0 Å². The molecule has 1 saturated carbocycles. The topological polar surface area (TPSA) is 108 Å². The fourth-order valence-corrected chi connectivity index (χ4v) is 4.15. The molecule has 4 atom stereocenters. The van der Waals surface area contributed by atoms with E-state index in [1.54, 1.807) is 18.2 Å². The predicted molar refractivity (Wildman–Crippen MR) is 121 cm³/mol. The number of ether oxygens (including phenoxy) is 4. The van der Waals surface area contributed by atoms with Crippen LogP contribution in [0.2, 0.25) is 0 Å². The molecule has 1 aromatic rings. The van der Waals surface area contributed by atoms with Gasteiger partial charge in [0, 0.05) is 12.3 Å². The van der Waals surface area contributed by atoms with E-state index < -0.39 is 41.1 Å². The number of rotatable bonds is 9. The van der Waals surface area contributed by atoms with Crippen LogP contribution >= 0.6 is 0 Å². The van der Waals surface area contributed by atoms with E-state index in [0.29, 0.717) is 17.1 Å². The first-order valence-electron chi connectivity index (χ1n) is 11.2. The zero-order chi connectivity index (χ0) is 24.9. The smallest absolute Gasteiger partial charge is 0.317 e. The van der Waals surface area contributed by atoms with Crippen molar-refractivity contribution in [2.45, 2.75) is 52.6 Å². The molecule has 0 saturated heterocycles. The number of hydrogen-bond donors (Lipinski definition) is 1. The van der Waals surface area contributed by atoms with Crippen LogP contribution in [0.5, 0.6) is 11.5 Å². The van der Waals surface area contributed by atoms with E-state index in [9.17, 15) is 19.5 Å². The maximum atomic E-state index is 13.2. The number of methoxy groups -OCH3 is 2. The second-order valence-corrected chi connectivity index (χ2v) is 9.64. The highest BCUT2D eigenvalue weighted by molar-refractivity contribution is 6.02. The third-order valence-corrected chi connectivity index (χ3v) is 5.69. The van der Waals surface area contributed by atoms with Crippen molar-refractivity contribution in [2.75, 3.05) is 27.4 Å². The van der Waals surface area contributed by atoms with E-state index >= 15 is 0 Å². The number of hydrogen-bond acceptors (Lipinski definition) is 8. The molecule has 1 fully saturated rings. The van der Waals surface area contributed by atoms with Gasteiger partial charge in [0.15, 0.2) is 17.3 Å². The summed E-state index contributed by atoms with van der Waals surface area (Å²) in [7, 11) is 2.96. The third kappa shape index (κ3) is 6.25. The van der Waals surface area contributed by atoms with Gasteiger partial charge in [0.05, 0.1) is 39.0 Å². The Hall–Kier alpha value is -2.61. The number of carbonyl (C=O) groups excluding carboxylic acids is 3. The number of Topliss-reactive ketones (excluding diaryl/α,β-unsaturated/α-hetero) is 1. The molecule has 1 aliphatic rings. The molecule has 2 rings (SSSR count). The number of ketones is 1. The third-order valence-electron chi connectivity index (χ3n) is 5.69. The van der Waals surface area contributed by atoms with Gasteiger partial charge in [-0.05, 0) is 36.5 Å². The van der Waals surface area contributed by atoms with E-state index in [4.69, 9.17) is 18.9 Å². The lowest BCUT2D eigenvalue weighted by atomic mass is 9.61. The van der Waals surface area contributed by atoms with E-state index in [1.165, 1.54) is 21.1 Å². The van der Waals surface area contributed by atoms with Crippen molar-refractivity contribution in [3.05, 3.63) is 23.8 Å². The van der Waals surface area contributed by atoms with Crippen LogP contribution < -0.4 is 9.47 Å². The molecule has 1 N–H and O–H groups in total. The second kappa shape index (κ2) is 11.0. The average Bonchev–Trinajstić information content (AvgIpc) is 2.74. The molecular formula is C25H36O8. The summed E-state index contributed by atoms with van der Waals surface area (Å²) in [4.78, 5) is 39.4. The van der Waals surface area contributed by atoms with Gasteiger partial charge in [0.2, 0.25) is 0 Å². The second-order valence-electron chi connectivity index (χ2n) is 9.64. The molecule has 8 nitrogen and oxygen atoms in total. The summed E-state index contributed by atoms with van der Waals surface area (Å²) in [5.41, 5.74) is -1.24. The molecule has 0 amide bonds. The first-order valence-corrected chi connectivity index (χ1v) is 11.2. The van der Waals surface area contributed by atoms with Crippen LogP contribution in [0.4, 0.5) is 0 Å². The zero-order valence-corrected chi connectivity index (χ0v) is 20.5. The Bertz CT molecular complexity index is 858. The van der Waals surface area contributed by atoms with E-state index in [-0.39, 0.29) is 31.5 Å². The van der Waals surface area contributed by atoms with Crippen LogP contribution in [0, 0.1) is 23.7 Å². The van der Waals surface area contributed by atoms with Crippen molar-refractivity contribution in [3.63, 3.8) is 0 Å². The highest BCUT2D eigenvalue weighted by Gasteiger charge is 2.57. The van der Waals surface area contributed by atoms with Crippen LogP contribution in [-0.4, -0.2) is 55.9 Å². The normalized spacial score (nSPS) is 25.2. The van der Waals surface area contributed by atoms with Crippen LogP contribution in [0.25, 0.3) is 0 Å². The lowest BCUT2D eigenvalue weighted by molar-refractivity contribution is -0.173. The molecule has 1 aliphatic carbocycles. The highest BCUT2D eigenvalue weighted by Crippen LogP contribution is 2.48. The molecule has 33 heavy (non-hydrogen) atoms. The number of benzene rings is 1. The van der Waals surface area contributed by atoms with Gasteiger partial charge in [-0.1, -0.05) is 33.8 Å². The van der Waals surface area contributed by atoms with Gasteiger partial charge < -0.3 is 24.1 Å². The fraction of sp³-hybridized carbons (Fsp3) is 0.640. The molecule has 0 aromatic heterocycles. The standard InChI is InChI=1S/C25H36O8/c1-14(2)12-32-23(27)21-17(26)11-25(5,29)22(24(28)33-13-15(3)4)20(21)16-8-9-18(30-6)19(10-16)31-7/h8-10,14-15,20-22,29H,11-13H2,1-7H3/t20-,21+,22-,25+/m1/s1. The Labute approximate surface area is 195 Å². The number of aliphatic hydroxyl groups is 1. The summed E-state index contributed by atoms with van der Waals surface area (Å²) in [6, 6.07) is 4.91. The summed E-state index contributed by atoms with van der Waals surface area (Å²) in [6.45, 7) is 9.29. The molecule has 0 bridgehead atoms. The lowest BCUT2D eigenvalue weighted by Gasteiger charge is -2.43. The molecule has 0 aliphatic heterocycles. The Morgan fingerprint density at radius 3 is 2.06 bits per heavy atom. The monoisotopic (exact) mass is 464 g/mol. The van der Waals surface area contributed by atoms with Crippen molar-refractivity contribution < 1.29 is 38.4 Å². The minimum atomic E-state index is -1.71. The highest BCUT2D eigenvalue weighted by atomic mass is 16.5. The van der Waals surface area contributed by atoms with Crippen molar-refractivity contribution in [2.24, 2.45) is 23.7 Å². The van der Waals surface area contributed by atoms with Crippen molar-refractivity contribution in [1.29, 1.82) is 0 Å². The summed E-state index contributed by atoms with van der Waals surface area (Å²) in [5.74, 6) is -4.32. The van der Waals surface area contributed by atoms with E-state index in [1.807, 2.05) is 27.7 Å². The largest absolute Gasteiger partial charge is 0.493 e. The van der Waals surface area contributed by atoms with Crippen molar-refractivity contribution in [3.8, 4) is 11.5 Å². The SMILES string of the molecule is COc1ccc([C@@H]2[C@@H](C(=O)OCC(C)C)C(=O)C[C@](C)(O)[C@H]2C(=O)OCC(C)C)cc1OC. The Morgan fingerprint density at radius 1 is 1.00 bits per heavy atom. The quantitative estimate of drug-likeness (QED) is 0.439. The van der Waals surface area contributed by atoms with Crippen LogP contribution in [0.15, 0.2) is 18.2 Å². The fourth-order valence-electron chi connectivity index (χ4n) is 4.15. The van der Waals surface area contributed by atoms with Gasteiger partial charge in [0.25, 0.3) is 0 Å². The average molecular weight is 465 g/mol. The zero-order valence-electron chi connectivity index (χ0n) is 20.5. The van der Waals surface area contributed by atoms with Crippen LogP contribution in [0.1, 0.15) is 52.5 Å². The molecule has 0 radical (unpaired) electrons. The predicted octanol–water partition coefficient (Wildman–Crippen LogP) is 3.14. The van der Waals surface area contributed by atoms with E-state index in [0.717, 1.165) is 0 Å².